The molecule has 2 aromatic rings. The lowest BCUT2D eigenvalue weighted by molar-refractivity contribution is -0.385. The molecule has 0 amide bonds. The molecule has 5 nitrogen and oxygen atoms in total. The molecule has 0 spiro atoms. The number of hydrogen-bond acceptors (Lipinski definition) is 5. The van der Waals surface area contributed by atoms with E-state index in [9.17, 15) is 10.1 Å². The van der Waals surface area contributed by atoms with E-state index in [1.165, 1.54) is 13.2 Å². The van der Waals surface area contributed by atoms with Crippen LogP contribution in [0.5, 0.6) is 5.75 Å². The van der Waals surface area contributed by atoms with E-state index in [2.05, 4.69) is 0 Å². The van der Waals surface area contributed by atoms with Crippen LogP contribution in [0.25, 0.3) is 0 Å². The molecule has 0 saturated heterocycles. The molecule has 1 heterocycles. The second-order valence-electron chi connectivity index (χ2n) is 3.72. The number of nitro benzene ring substituents is 1. The summed E-state index contributed by atoms with van der Waals surface area (Å²) in [5.41, 5.74) is 7.63. The van der Waals surface area contributed by atoms with Crippen molar-refractivity contribution >= 4 is 17.0 Å². The van der Waals surface area contributed by atoms with Crippen molar-refractivity contribution in [1.82, 2.24) is 0 Å². The molecule has 1 atom stereocenters. The monoisotopic (exact) mass is 264 g/mol. The van der Waals surface area contributed by atoms with Crippen LogP contribution in [0.15, 0.2) is 35.0 Å². The lowest BCUT2D eigenvalue weighted by Crippen LogP contribution is -2.11. The van der Waals surface area contributed by atoms with Gasteiger partial charge in [0, 0.05) is 6.07 Å². The molecule has 18 heavy (non-hydrogen) atoms. The van der Waals surface area contributed by atoms with Gasteiger partial charge < -0.3 is 10.5 Å². The summed E-state index contributed by atoms with van der Waals surface area (Å²) in [7, 11) is 1.40. The fourth-order valence-electron chi connectivity index (χ4n) is 1.69. The normalized spacial score (nSPS) is 12.1. The first-order valence-electron chi connectivity index (χ1n) is 5.23. The smallest absolute Gasteiger partial charge is 0.311 e. The van der Waals surface area contributed by atoms with E-state index < -0.39 is 4.92 Å². The molecule has 0 fully saturated rings. The van der Waals surface area contributed by atoms with Crippen LogP contribution in [0.1, 0.15) is 17.2 Å². The first-order chi connectivity index (χ1) is 8.63. The van der Waals surface area contributed by atoms with Crippen molar-refractivity contribution in [2.45, 2.75) is 6.04 Å². The molecule has 0 aliphatic carbocycles. The fourth-order valence-corrected chi connectivity index (χ4v) is 2.38. The maximum absolute atomic E-state index is 10.9. The SMILES string of the molecule is COc1ccc([C@H](N)c2ccsc2)cc1[N+](=O)[O-]. The van der Waals surface area contributed by atoms with Crippen LogP contribution in [0.2, 0.25) is 0 Å². The summed E-state index contributed by atoms with van der Waals surface area (Å²) in [6.07, 6.45) is 0. The zero-order valence-electron chi connectivity index (χ0n) is 9.70. The third-order valence-electron chi connectivity index (χ3n) is 2.66. The Bertz CT molecular complexity index is 554. The highest BCUT2D eigenvalue weighted by Gasteiger charge is 2.18. The molecule has 94 valence electrons. The summed E-state index contributed by atoms with van der Waals surface area (Å²) >= 11 is 1.54. The molecule has 0 radical (unpaired) electrons. The minimum Gasteiger partial charge on any atom is -0.490 e. The van der Waals surface area contributed by atoms with Crippen molar-refractivity contribution < 1.29 is 9.66 Å². The van der Waals surface area contributed by atoms with E-state index >= 15 is 0 Å². The average Bonchev–Trinajstić information content (AvgIpc) is 2.90. The fraction of sp³-hybridized carbons (Fsp3) is 0.167. The molecule has 0 aliphatic rings. The van der Waals surface area contributed by atoms with Gasteiger partial charge >= 0.3 is 5.69 Å². The zero-order valence-corrected chi connectivity index (χ0v) is 10.5. The molecule has 0 saturated carbocycles. The van der Waals surface area contributed by atoms with Gasteiger partial charge in [0.05, 0.1) is 18.1 Å². The molecule has 6 heteroatoms. The van der Waals surface area contributed by atoms with E-state index in [1.807, 2.05) is 16.8 Å². The molecule has 2 rings (SSSR count). The Hall–Kier alpha value is -1.92. The summed E-state index contributed by atoms with van der Waals surface area (Å²) in [6.45, 7) is 0. The van der Waals surface area contributed by atoms with Gasteiger partial charge in [0.2, 0.25) is 0 Å². The van der Waals surface area contributed by atoms with Crippen LogP contribution in [0.4, 0.5) is 5.69 Å². The van der Waals surface area contributed by atoms with E-state index in [0.29, 0.717) is 5.56 Å². The van der Waals surface area contributed by atoms with Crippen LogP contribution in [-0.4, -0.2) is 12.0 Å². The van der Waals surface area contributed by atoms with Gasteiger partial charge in [-0.3, -0.25) is 10.1 Å². The minimum absolute atomic E-state index is 0.0688. The molecule has 1 aromatic carbocycles. The van der Waals surface area contributed by atoms with Crippen molar-refractivity contribution in [3.63, 3.8) is 0 Å². The Morgan fingerprint density at radius 2 is 2.17 bits per heavy atom. The molecule has 2 N–H and O–H groups in total. The Kier molecular flexibility index (Phi) is 3.59. The Labute approximate surface area is 108 Å². The number of rotatable bonds is 4. The average molecular weight is 264 g/mol. The van der Waals surface area contributed by atoms with Crippen molar-refractivity contribution in [3.8, 4) is 5.75 Å². The Morgan fingerprint density at radius 3 is 2.72 bits per heavy atom. The van der Waals surface area contributed by atoms with Gasteiger partial charge in [0.25, 0.3) is 0 Å². The van der Waals surface area contributed by atoms with E-state index in [4.69, 9.17) is 10.5 Å². The van der Waals surface area contributed by atoms with Gasteiger partial charge in [-0.2, -0.15) is 11.3 Å². The molecule has 1 aromatic heterocycles. The van der Waals surface area contributed by atoms with Gasteiger partial charge in [0.1, 0.15) is 0 Å². The lowest BCUT2D eigenvalue weighted by Gasteiger charge is -2.11. The topological polar surface area (TPSA) is 78.4 Å². The minimum atomic E-state index is -0.470. The van der Waals surface area contributed by atoms with E-state index in [-0.39, 0.29) is 17.5 Å². The highest BCUT2D eigenvalue weighted by atomic mass is 32.1. The van der Waals surface area contributed by atoms with Crippen LogP contribution >= 0.6 is 11.3 Å². The number of hydrogen-bond donors (Lipinski definition) is 1. The predicted molar refractivity (Wildman–Crippen MR) is 70.0 cm³/mol. The lowest BCUT2D eigenvalue weighted by atomic mass is 10.0. The van der Waals surface area contributed by atoms with Gasteiger partial charge in [0.15, 0.2) is 5.75 Å². The van der Waals surface area contributed by atoms with Crippen LogP contribution in [-0.2, 0) is 0 Å². The van der Waals surface area contributed by atoms with Gasteiger partial charge in [-0.25, -0.2) is 0 Å². The number of benzene rings is 1. The second-order valence-corrected chi connectivity index (χ2v) is 4.50. The maximum atomic E-state index is 10.9. The van der Waals surface area contributed by atoms with Crippen molar-refractivity contribution in [3.05, 3.63) is 56.3 Å². The van der Waals surface area contributed by atoms with Crippen molar-refractivity contribution in [1.29, 1.82) is 0 Å². The molecule has 0 aliphatic heterocycles. The summed E-state index contributed by atoms with van der Waals surface area (Å²) in [6, 6.07) is 6.32. The molecule has 0 unspecified atom stereocenters. The number of nitrogens with two attached hydrogens (primary N) is 1. The second kappa shape index (κ2) is 5.16. The highest BCUT2D eigenvalue weighted by molar-refractivity contribution is 7.08. The molecule has 0 bridgehead atoms. The largest absolute Gasteiger partial charge is 0.490 e. The van der Waals surface area contributed by atoms with Crippen LogP contribution in [0.3, 0.4) is 0 Å². The summed E-state index contributed by atoms with van der Waals surface area (Å²) in [5.74, 6) is 0.237. The van der Waals surface area contributed by atoms with E-state index in [1.54, 1.807) is 23.5 Å². The van der Waals surface area contributed by atoms with Crippen LogP contribution in [0, 0.1) is 10.1 Å². The van der Waals surface area contributed by atoms with Gasteiger partial charge in [-0.05, 0) is 34.0 Å². The predicted octanol–water partition coefficient (Wildman–Crippen LogP) is 2.71. The molecular weight excluding hydrogens is 252 g/mol. The summed E-state index contributed by atoms with van der Waals surface area (Å²) in [4.78, 5) is 10.5. The van der Waals surface area contributed by atoms with Gasteiger partial charge in [-0.1, -0.05) is 6.07 Å². The first-order valence-corrected chi connectivity index (χ1v) is 6.17. The highest BCUT2D eigenvalue weighted by Crippen LogP contribution is 2.31. The molecular formula is C12H12N2O3S. The Morgan fingerprint density at radius 1 is 1.39 bits per heavy atom. The third-order valence-corrected chi connectivity index (χ3v) is 3.36. The third kappa shape index (κ3) is 2.34. The number of ether oxygens (including phenoxy) is 1. The first kappa shape index (κ1) is 12.5. The number of nitro groups is 1. The quantitative estimate of drug-likeness (QED) is 0.680. The number of methoxy groups -OCH3 is 1. The van der Waals surface area contributed by atoms with Crippen LogP contribution < -0.4 is 10.5 Å². The zero-order chi connectivity index (χ0) is 13.1. The van der Waals surface area contributed by atoms with E-state index in [0.717, 1.165) is 5.56 Å². The Balaban J connectivity index is 2.41. The number of nitrogens with zero attached hydrogens (tertiary/aromatic N) is 1. The maximum Gasteiger partial charge on any atom is 0.311 e. The number of thiophene rings is 1. The van der Waals surface area contributed by atoms with Crippen molar-refractivity contribution in [2.24, 2.45) is 5.73 Å². The van der Waals surface area contributed by atoms with Gasteiger partial charge in [-0.15, -0.1) is 0 Å². The standard InChI is InChI=1S/C12H12N2O3S/c1-17-11-3-2-8(6-10(11)14(15)16)12(13)9-4-5-18-7-9/h2-7,12H,13H2,1H3/t12-/m0/s1. The summed E-state index contributed by atoms with van der Waals surface area (Å²) in [5, 5.41) is 14.8. The summed E-state index contributed by atoms with van der Waals surface area (Å²) < 4.78 is 4.95. The van der Waals surface area contributed by atoms with Crippen molar-refractivity contribution in [2.75, 3.05) is 7.11 Å².